The van der Waals surface area contributed by atoms with Gasteiger partial charge in [0, 0.05) is 17.2 Å². The molecule has 0 aromatic heterocycles. The molecule has 0 saturated carbocycles. The van der Waals surface area contributed by atoms with E-state index in [4.69, 9.17) is 22.1 Å². The van der Waals surface area contributed by atoms with Crippen LogP contribution >= 0.6 is 23.4 Å². The van der Waals surface area contributed by atoms with E-state index in [1.165, 1.54) is 11.8 Å². The molecular formula is C13H17ClN2O3S. The number of carbonyl (C=O) groups is 2. The molecule has 0 bridgehead atoms. The molecule has 20 heavy (non-hydrogen) atoms. The second-order valence-electron chi connectivity index (χ2n) is 3.89. The second-order valence-corrected chi connectivity index (χ2v) is 5.43. The Morgan fingerprint density at radius 3 is 2.90 bits per heavy atom. The molecular weight excluding hydrogens is 300 g/mol. The van der Waals surface area contributed by atoms with Crippen LogP contribution < -0.4 is 11.1 Å². The van der Waals surface area contributed by atoms with Crippen molar-refractivity contribution in [3.05, 3.63) is 23.2 Å². The van der Waals surface area contributed by atoms with E-state index in [0.717, 1.165) is 0 Å². The van der Waals surface area contributed by atoms with Gasteiger partial charge in [0.25, 0.3) is 0 Å². The number of ether oxygens (including phenoxy) is 1. The van der Waals surface area contributed by atoms with Gasteiger partial charge in [-0.2, -0.15) is 0 Å². The highest BCUT2D eigenvalue weighted by Gasteiger charge is 2.07. The predicted molar refractivity (Wildman–Crippen MR) is 83.1 cm³/mol. The molecule has 0 fully saturated rings. The predicted octanol–water partition coefficient (Wildman–Crippen LogP) is 2.55. The Labute approximate surface area is 127 Å². The smallest absolute Gasteiger partial charge is 0.315 e. The fourth-order valence-electron chi connectivity index (χ4n) is 1.37. The van der Waals surface area contributed by atoms with Crippen molar-refractivity contribution in [2.75, 3.05) is 29.2 Å². The van der Waals surface area contributed by atoms with Crippen molar-refractivity contribution in [3.63, 3.8) is 0 Å². The van der Waals surface area contributed by atoms with Crippen LogP contribution in [-0.2, 0) is 14.3 Å². The average molecular weight is 317 g/mol. The number of hydrogen-bond donors (Lipinski definition) is 2. The standard InChI is InChI=1S/C13H17ClN2O3S/c1-2-19-13(18)8-20-6-5-12(17)16-11-7-9(14)3-4-10(11)15/h3-4,7H,2,5-6,8,15H2,1H3,(H,16,17). The molecule has 1 amide bonds. The molecule has 1 rings (SSSR count). The van der Waals surface area contributed by atoms with E-state index in [9.17, 15) is 9.59 Å². The summed E-state index contributed by atoms with van der Waals surface area (Å²) in [5, 5.41) is 3.19. The monoisotopic (exact) mass is 316 g/mol. The lowest BCUT2D eigenvalue weighted by atomic mass is 10.2. The molecule has 0 aliphatic rings. The summed E-state index contributed by atoms with van der Waals surface area (Å²) < 4.78 is 4.78. The van der Waals surface area contributed by atoms with Crippen LogP contribution in [0.2, 0.25) is 5.02 Å². The first-order chi connectivity index (χ1) is 9.52. The van der Waals surface area contributed by atoms with Crippen LogP contribution in [0.4, 0.5) is 11.4 Å². The van der Waals surface area contributed by atoms with E-state index in [-0.39, 0.29) is 24.1 Å². The van der Waals surface area contributed by atoms with Gasteiger partial charge in [-0.3, -0.25) is 9.59 Å². The molecule has 0 unspecified atom stereocenters. The normalized spacial score (nSPS) is 10.1. The summed E-state index contributed by atoms with van der Waals surface area (Å²) in [4.78, 5) is 22.8. The number of benzene rings is 1. The van der Waals surface area contributed by atoms with E-state index in [0.29, 0.717) is 28.8 Å². The number of nitrogen functional groups attached to an aromatic ring is 1. The number of nitrogens with one attached hydrogen (secondary N) is 1. The van der Waals surface area contributed by atoms with Gasteiger partial charge in [-0.1, -0.05) is 11.6 Å². The maximum atomic E-state index is 11.7. The molecule has 1 aromatic carbocycles. The Balaban J connectivity index is 2.30. The van der Waals surface area contributed by atoms with Crippen molar-refractivity contribution in [1.29, 1.82) is 0 Å². The zero-order valence-electron chi connectivity index (χ0n) is 11.1. The topological polar surface area (TPSA) is 81.4 Å². The molecule has 5 nitrogen and oxygen atoms in total. The van der Waals surface area contributed by atoms with Gasteiger partial charge >= 0.3 is 5.97 Å². The van der Waals surface area contributed by atoms with E-state index >= 15 is 0 Å². The van der Waals surface area contributed by atoms with Crippen molar-refractivity contribution in [2.24, 2.45) is 0 Å². The minimum absolute atomic E-state index is 0.171. The van der Waals surface area contributed by atoms with Gasteiger partial charge in [-0.25, -0.2) is 0 Å². The fourth-order valence-corrected chi connectivity index (χ4v) is 2.27. The molecule has 0 radical (unpaired) electrons. The lowest BCUT2D eigenvalue weighted by Gasteiger charge is -2.08. The molecule has 1 aromatic rings. The Hall–Kier alpha value is -1.40. The lowest BCUT2D eigenvalue weighted by Crippen LogP contribution is -2.14. The van der Waals surface area contributed by atoms with Crippen LogP contribution in [0.15, 0.2) is 18.2 Å². The van der Waals surface area contributed by atoms with Gasteiger partial charge in [0.15, 0.2) is 0 Å². The van der Waals surface area contributed by atoms with Crippen LogP contribution in [-0.4, -0.2) is 30.0 Å². The number of thioether (sulfide) groups is 1. The zero-order chi connectivity index (χ0) is 15.0. The molecule has 3 N–H and O–H groups in total. The summed E-state index contributed by atoms with van der Waals surface area (Å²) in [5.41, 5.74) is 6.68. The molecule has 0 aliphatic carbocycles. The Bertz CT molecular complexity index is 483. The van der Waals surface area contributed by atoms with E-state index in [1.807, 2.05) is 0 Å². The van der Waals surface area contributed by atoms with E-state index in [2.05, 4.69) is 5.32 Å². The van der Waals surface area contributed by atoms with Crippen molar-refractivity contribution in [1.82, 2.24) is 0 Å². The maximum absolute atomic E-state index is 11.7. The fraction of sp³-hybridized carbons (Fsp3) is 0.385. The Morgan fingerprint density at radius 1 is 1.45 bits per heavy atom. The van der Waals surface area contributed by atoms with Crippen molar-refractivity contribution >= 4 is 46.6 Å². The summed E-state index contributed by atoms with van der Waals surface area (Å²) in [7, 11) is 0. The van der Waals surface area contributed by atoms with Gasteiger partial charge in [0.2, 0.25) is 5.91 Å². The molecule has 0 spiro atoms. The van der Waals surface area contributed by atoms with Crippen molar-refractivity contribution < 1.29 is 14.3 Å². The highest BCUT2D eigenvalue weighted by molar-refractivity contribution is 7.99. The number of anilines is 2. The summed E-state index contributed by atoms with van der Waals surface area (Å²) in [6, 6.07) is 4.88. The quantitative estimate of drug-likeness (QED) is 0.459. The highest BCUT2D eigenvalue weighted by Crippen LogP contribution is 2.23. The SMILES string of the molecule is CCOC(=O)CSCCC(=O)Nc1cc(Cl)ccc1N. The van der Waals surface area contributed by atoms with Crippen molar-refractivity contribution in [3.8, 4) is 0 Å². The largest absolute Gasteiger partial charge is 0.465 e. The van der Waals surface area contributed by atoms with Gasteiger partial charge in [0.05, 0.1) is 23.7 Å². The molecule has 0 aliphatic heterocycles. The Kier molecular flexibility index (Phi) is 7.25. The number of nitrogens with two attached hydrogens (primary N) is 1. The van der Waals surface area contributed by atoms with Crippen LogP contribution in [0, 0.1) is 0 Å². The molecule has 7 heteroatoms. The summed E-state index contributed by atoms with van der Waals surface area (Å²) in [5.74, 6) is 0.346. The molecule has 0 saturated heterocycles. The number of esters is 1. The Morgan fingerprint density at radius 2 is 2.20 bits per heavy atom. The first kappa shape index (κ1) is 16.7. The van der Waals surface area contributed by atoms with Crippen LogP contribution in [0.25, 0.3) is 0 Å². The maximum Gasteiger partial charge on any atom is 0.315 e. The van der Waals surface area contributed by atoms with Gasteiger partial charge in [-0.15, -0.1) is 11.8 Å². The first-order valence-electron chi connectivity index (χ1n) is 6.11. The summed E-state index contributed by atoms with van der Waals surface area (Å²) in [6.07, 6.45) is 0.288. The number of hydrogen-bond acceptors (Lipinski definition) is 5. The third kappa shape index (κ3) is 6.16. The minimum Gasteiger partial charge on any atom is -0.465 e. The summed E-state index contributed by atoms with van der Waals surface area (Å²) >= 11 is 7.18. The number of carbonyl (C=O) groups excluding carboxylic acids is 2. The third-order valence-electron chi connectivity index (χ3n) is 2.29. The number of halogens is 1. The average Bonchev–Trinajstić information content (AvgIpc) is 2.39. The highest BCUT2D eigenvalue weighted by atomic mass is 35.5. The van der Waals surface area contributed by atoms with E-state index in [1.54, 1.807) is 25.1 Å². The molecule has 110 valence electrons. The first-order valence-corrected chi connectivity index (χ1v) is 7.64. The van der Waals surface area contributed by atoms with E-state index < -0.39 is 0 Å². The number of amides is 1. The van der Waals surface area contributed by atoms with Gasteiger partial charge in [0.1, 0.15) is 0 Å². The summed E-state index contributed by atoms with van der Waals surface area (Å²) in [6.45, 7) is 2.12. The van der Waals surface area contributed by atoms with Crippen molar-refractivity contribution in [2.45, 2.75) is 13.3 Å². The van der Waals surface area contributed by atoms with Gasteiger partial charge in [-0.05, 0) is 25.1 Å². The van der Waals surface area contributed by atoms with Crippen LogP contribution in [0.1, 0.15) is 13.3 Å². The number of rotatable bonds is 7. The van der Waals surface area contributed by atoms with Crippen LogP contribution in [0.3, 0.4) is 0 Å². The lowest BCUT2D eigenvalue weighted by molar-refractivity contribution is -0.139. The molecule has 0 atom stereocenters. The minimum atomic E-state index is -0.267. The molecule has 0 heterocycles. The zero-order valence-corrected chi connectivity index (χ0v) is 12.7. The third-order valence-corrected chi connectivity index (χ3v) is 3.46. The second kappa shape index (κ2) is 8.71. The van der Waals surface area contributed by atoms with Crippen LogP contribution in [0.5, 0.6) is 0 Å². The van der Waals surface area contributed by atoms with Gasteiger partial charge < -0.3 is 15.8 Å².